The molecule has 6 nitrogen and oxygen atoms in total. The Hall–Kier alpha value is -1.69. The molecule has 1 aromatic rings. The van der Waals surface area contributed by atoms with Crippen molar-refractivity contribution in [2.24, 2.45) is 0 Å². The molecule has 6 heteroatoms. The van der Waals surface area contributed by atoms with Crippen LogP contribution in [0.15, 0.2) is 12.5 Å². The molecule has 1 aromatic heterocycles. The number of nitrogens with one attached hydrogen (secondary N) is 3. The van der Waals surface area contributed by atoms with Gasteiger partial charge in [0.1, 0.15) is 6.04 Å². The second kappa shape index (κ2) is 5.58. The number of hydrogen-bond donors (Lipinski definition) is 3. The van der Waals surface area contributed by atoms with E-state index in [1.165, 1.54) is 6.33 Å². The molecule has 0 aliphatic carbocycles. The van der Waals surface area contributed by atoms with Crippen molar-refractivity contribution < 1.29 is 9.59 Å². The summed E-state index contributed by atoms with van der Waals surface area (Å²) in [6.45, 7) is 0.854. The predicted octanol–water partition coefficient (Wildman–Crippen LogP) is -0.701. The number of carbonyl (C=O) groups is 1. The van der Waals surface area contributed by atoms with Gasteiger partial charge in [-0.2, -0.15) is 0 Å². The van der Waals surface area contributed by atoms with Gasteiger partial charge in [-0.1, -0.05) is 0 Å². The van der Waals surface area contributed by atoms with Crippen LogP contribution in [0.25, 0.3) is 0 Å². The zero-order valence-corrected chi connectivity index (χ0v) is 9.40. The summed E-state index contributed by atoms with van der Waals surface area (Å²) in [6.07, 6.45) is 7.25. The molecule has 1 radical (unpaired) electrons. The minimum atomic E-state index is -0.631. The van der Waals surface area contributed by atoms with Crippen molar-refractivity contribution in [3.63, 3.8) is 0 Å². The topological polar surface area (TPSA) is 86.9 Å². The summed E-state index contributed by atoms with van der Waals surface area (Å²) in [5.74, 6) is -0.133. The quantitative estimate of drug-likeness (QED) is 0.629. The van der Waals surface area contributed by atoms with Crippen LogP contribution in [0, 0.1) is 0 Å². The lowest BCUT2D eigenvalue weighted by atomic mass is 10.1. The van der Waals surface area contributed by atoms with Gasteiger partial charge in [0, 0.05) is 12.6 Å². The number of carbonyl (C=O) groups excluding carboxylic acids is 2. The first-order valence-electron chi connectivity index (χ1n) is 5.68. The summed E-state index contributed by atoms with van der Waals surface area (Å²) >= 11 is 0. The molecular weight excluding hydrogens is 220 g/mol. The Balaban J connectivity index is 1.86. The maximum atomic E-state index is 11.8. The third kappa shape index (κ3) is 3.13. The molecule has 1 unspecified atom stereocenters. The van der Waals surface area contributed by atoms with E-state index in [-0.39, 0.29) is 11.9 Å². The smallest absolute Gasteiger partial charge is 0.237 e. The lowest BCUT2D eigenvalue weighted by Crippen LogP contribution is -2.46. The van der Waals surface area contributed by atoms with Crippen molar-refractivity contribution in [3.8, 4) is 0 Å². The third-order valence-electron chi connectivity index (χ3n) is 2.80. The molecule has 17 heavy (non-hydrogen) atoms. The SMILES string of the molecule is O=[C][C@@H](Cc1c[nH]cn1)NC(=O)C1CCCN1. The molecular formula is C11H15N4O2. The number of aromatic nitrogens is 2. The third-order valence-corrected chi connectivity index (χ3v) is 2.80. The summed E-state index contributed by atoms with van der Waals surface area (Å²) in [5.41, 5.74) is 0.734. The molecule has 1 aliphatic heterocycles. The van der Waals surface area contributed by atoms with Gasteiger partial charge in [-0.25, -0.2) is 4.98 Å². The summed E-state index contributed by atoms with van der Waals surface area (Å²) in [4.78, 5) is 29.4. The first-order valence-corrected chi connectivity index (χ1v) is 5.68. The van der Waals surface area contributed by atoms with Gasteiger partial charge in [0.05, 0.1) is 18.1 Å². The van der Waals surface area contributed by atoms with E-state index in [4.69, 9.17) is 0 Å². The highest BCUT2D eigenvalue weighted by atomic mass is 16.2. The van der Waals surface area contributed by atoms with Crippen LogP contribution in [-0.2, 0) is 16.0 Å². The molecule has 2 rings (SSSR count). The van der Waals surface area contributed by atoms with Crippen LogP contribution in [0.3, 0.4) is 0 Å². The molecule has 2 atom stereocenters. The first kappa shape index (κ1) is 11.8. The second-order valence-corrected chi connectivity index (χ2v) is 4.09. The molecule has 3 N–H and O–H groups in total. The number of hydrogen-bond acceptors (Lipinski definition) is 4. The highest BCUT2D eigenvalue weighted by Crippen LogP contribution is 2.05. The van der Waals surface area contributed by atoms with Gasteiger partial charge in [-0.05, 0) is 19.4 Å². The maximum Gasteiger partial charge on any atom is 0.237 e. The maximum absolute atomic E-state index is 11.8. The monoisotopic (exact) mass is 235 g/mol. The van der Waals surface area contributed by atoms with Gasteiger partial charge >= 0.3 is 0 Å². The van der Waals surface area contributed by atoms with E-state index in [2.05, 4.69) is 20.6 Å². The standard InChI is InChI=1S/C11H15N4O2/c16-6-9(4-8-5-12-7-14-8)15-11(17)10-2-1-3-13-10/h5,7,9-10,13H,1-4H2,(H,12,14)(H,15,17)/t9-,10?/m1/s1. The van der Waals surface area contributed by atoms with E-state index in [0.29, 0.717) is 6.42 Å². The van der Waals surface area contributed by atoms with E-state index < -0.39 is 6.04 Å². The Morgan fingerprint density at radius 1 is 1.71 bits per heavy atom. The van der Waals surface area contributed by atoms with Crippen LogP contribution in [0.2, 0.25) is 0 Å². The Kier molecular flexibility index (Phi) is 3.87. The summed E-state index contributed by atoms with van der Waals surface area (Å²) in [6, 6.07) is -0.807. The molecule has 0 saturated carbocycles. The van der Waals surface area contributed by atoms with E-state index in [1.807, 2.05) is 6.29 Å². The largest absolute Gasteiger partial charge is 0.351 e. The first-order chi connectivity index (χ1) is 8.29. The van der Waals surface area contributed by atoms with Crippen molar-refractivity contribution in [3.05, 3.63) is 18.2 Å². The zero-order chi connectivity index (χ0) is 12.1. The van der Waals surface area contributed by atoms with Gasteiger partial charge in [-0.3, -0.25) is 9.59 Å². The number of aromatic amines is 1. The van der Waals surface area contributed by atoms with E-state index in [0.717, 1.165) is 25.1 Å². The minimum Gasteiger partial charge on any atom is -0.351 e. The lowest BCUT2D eigenvalue weighted by molar-refractivity contribution is -0.123. The predicted molar refractivity (Wildman–Crippen MR) is 60.9 cm³/mol. The van der Waals surface area contributed by atoms with Crippen molar-refractivity contribution in [2.75, 3.05) is 6.54 Å². The van der Waals surface area contributed by atoms with Crippen LogP contribution >= 0.6 is 0 Å². The fourth-order valence-electron chi connectivity index (χ4n) is 1.91. The second-order valence-electron chi connectivity index (χ2n) is 4.09. The van der Waals surface area contributed by atoms with E-state index >= 15 is 0 Å². The normalized spacial score (nSPS) is 21.1. The average Bonchev–Trinajstić information content (AvgIpc) is 3.00. The minimum absolute atomic E-state index is 0.133. The average molecular weight is 235 g/mol. The van der Waals surface area contributed by atoms with Crippen LogP contribution in [0.5, 0.6) is 0 Å². The van der Waals surface area contributed by atoms with Gasteiger partial charge in [-0.15, -0.1) is 0 Å². The Morgan fingerprint density at radius 2 is 2.59 bits per heavy atom. The van der Waals surface area contributed by atoms with Gasteiger partial charge in [0.2, 0.25) is 12.2 Å². The molecule has 0 bridgehead atoms. The number of H-pyrrole nitrogens is 1. The van der Waals surface area contributed by atoms with Crippen LogP contribution in [0.4, 0.5) is 0 Å². The Bertz CT molecular complexity index is 371. The summed E-state index contributed by atoms with van der Waals surface area (Å²) in [5, 5.41) is 5.75. The summed E-state index contributed by atoms with van der Waals surface area (Å²) < 4.78 is 0. The van der Waals surface area contributed by atoms with Crippen molar-refractivity contribution in [2.45, 2.75) is 31.3 Å². The molecule has 1 fully saturated rings. The van der Waals surface area contributed by atoms with E-state index in [9.17, 15) is 9.59 Å². The number of imidazole rings is 1. The van der Waals surface area contributed by atoms with Crippen LogP contribution in [0.1, 0.15) is 18.5 Å². The molecule has 0 spiro atoms. The lowest BCUT2D eigenvalue weighted by Gasteiger charge is -2.14. The molecule has 2 heterocycles. The van der Waals surface area contributed by atoms with Crippen molar-refractivity contribution >= 4 is 12.2 Å². The fourth-order valence-corrected chi connectivity index (χ4v) is 1.91. The van der Waals surface area contributed by atoms with Gasteiger partial charge in [0.15, 0.2) is 0 Å². The molecule has 1 saturated heterocycles. The van der Waals surface area contributed by atoms with Crippen molar-refractivity contribution in [1.82, 2.24) is 20.6 Å². The fraction of sp³-hybridized carbons (Fsp3) is 0.545. The highest BCUT2D eigenvalue weighted by Gasteiger charge is 2.24. The van der Waals surface area contributed by atoms with Crippen molar-refractivity contribution in [1.29, 1.82) is 0 Å². The molecule has 0 aromatic carbocycles. The number of rotatable bonds is 5. The molecule has 1 amide bonds. The van der Waals surface area contributed by atoms with Gasteiger partial charge < -0.3 is 15.6 Å². The van der Waals surface area contributed by atoms with Crippen LogP contribution in [-0.4, -0.2) is 40.8 Å². The Morgan fingerprint density at radius 3 is 3.18 bits per heavy atom. The zero-order valence-electron chi connectivity index (χ0n) is 9.40. The van der Waals surface area contributed by atoms with Gasteiger partial charge in [0.25, 0.3) is 0 Å². The Labute approximate surface area is 99.2 Å². The number of amides is 1. The number of nitrogens with zero attached hydrogens (tertiary/aromatic N) is 1. The molecule has 1 aliphatic rings. The van der Waals surface area contributed by atoms with E-state index in [1.54, 1.807) is 6.20 Å². The highest BCUT2D eigenvalue weighted by molar-refractivity contribution is 5.84. The molecule has 91 valence electrons. The summed E-state index contributed by atoms with van der Waals surface area (Å²) in [7, 11) is 0. The van der Waals surface area contributed by atoms with Crippen LogP contribution < -0.4 is 10.6 Å².